The van der Waals surface area contributed by atoms with Gasteiger partial charge in [0.05, 0.1) is 6.07 Å². The monoisotopic (exact) mass is 163 g/mol. The van der Waals surface area contributed by atoms with Crippen LogP contribution in [-0.4, -0.2) is 5.11 Å². The second kappa shape index (κ2) is 3.54. The molecule has 0 atom stereocenters. The molecule has 0 amide bonds. The molecule has 1 aromatic carbocycles. The van der Waals surface area contributed by atoms with Crippen LogP contribution in [0.3, 0.4) is 0 Å². The van der Waals surface area contributed by atoms with E-state index in [1.807, 2.05) is 0 Å². The Bertz CT molecular complexity index is 352. The van der Waals surface area contributed by atoms with Crippen molar-refractivity contribution in [3.63, 3.8) is 0 Å². The van der Waals surface area contributed by atoms with E-state index >= 15 is 0 Å². The predicted molar refractivity (Wildman–Crippen MR) is 42.7 cm³/mol. The minimum Gasteiger partial charge on any atom is -0.507 e. The third kappa shape index (κ3) is 1.83. The number of hydrogen-bond acceptors (Lipinski definition) is 2. The maximum absolute atomic E-state index is 12.4. The zero-order valence-corrected chi connectivity index (χ0v) is 6.16. The number of allylic oxidation sites excluding steroid dienone is 1. The van der Waals surface area contributed by atoms with Crippen LogP contribution in [0.25, 0.3) is 6.08 Å². The summed E-state index contributed by atoms with van der Waals surface area (Å²) in [5.41, 5.74) is 0.429. The highest BCUT2D eigenvalue weighted by Crippen LogP contribution is 2.18. The standard InChI is InChI=1S/C9H6FNO/c10-8-4-3-7(2-1-5-11)9(12)6-8/h1-4,6,12H. The van der Waals surface area contributed by atoms with Crippen LogP contribution in [0.4, 0.5) is 4.39 Å². The highest BCUT2D eigenvalue weighted by Gasteiger charge is 1.97. The first-order chi connectivity index (χ1) is 5.74. The molecule has 0 radical (unpaired) electrons. The molecule has 2 nitrogen and oxygen atoms in total. The van der Waals surface area contributed by atoms with Gasteiger partial charge >= 0.3 is 0 Å². The molecule has 1 rings (SSSR count). The summed E-state index contributed by atoms with van der Waals surface area (Å²) in [4.78, 5) is 0. The number of aromatic hydroxyl groups is 1. The van der Waals surface area contributed by atoms with E-state index in [0.717, 1.165) is 6.07 Å². The predicted octanol–water partition coefficient (Wildman–Crippen LogP) is 2.07. The molecular formula is C9H6FNO. The van der Waals surface area contributed by atoms with Gasteiger partial charge in [-0.1, -0.05) is 0 Å². The summed E-state index contributed by atoms with van der Waals surface area (Å²) in [6, 6.07) is 5.39. The van der Waals surface area contributed by atoms with Gasteiger partial charge in [-0.25, -0.2) is 4.39 Å². The lowest BCUT2D eigenvalue weighted by atomic mass is 10.2. The molecule has 0 aliphatic rings. The van der Waals surface area contributed by atoms with Crippen LogP contribution < -0.4 is 0 Å². The van der Waals surface area contributed by atoms with Crippen LogP contribution in [0.5, 0.6) is 5.75 Å². The molecule has 0 aliphatic heterocycles. The summed E-state index contributed by atoms with van der Waals surface area (Å²) in [6.45, 7) is 0. The number of halogens is 1. The maximum atomic E-state index is 12.4. The first-order valence-corrected chi connectivity index (χ1v) is 3.28. The molecule has 0 heterocycles. The third-order valence-corrected chi connectivity index (χ3v) is 1.33. The van der Waals surface area contributed by atoms with Crippen molar-refractivity contribution >= 4 is 6.08 Å². The Hall–Kier alpha value is -1.82. The summed E-state index contributed by atoms with van der Waals surface area (Å²) in [6.07, 6.45) is 2.63. The highest BCUT2D eigenvalue weighted by atomic mass is 19.1. The largest absolute Gasteiger partial charge is 0.507 e. The maximum Gasteiger partial charge on any atom is 0.126 e. The van der Waals surface area contributed by atoms with E-state index in [4.69, 9.17) is 10.4 Å². The van der Waals surface area contributed by atoms with Crippen LogP contribution in [0.2, 0.25) is 0 Å². The smallest absolute Gasteiger partial charge is 0.126 e. The summed E-state index contributed by atoms with van der Waals surface area (Å²) < 4.78 is 12.4. The Morgan fingerprint density at radius 2 is 2.25 bits per heavy atom. The Kier molecular flexibility index (Phi) is 2.44. The fourth-order valence-corrected chi connectivity index (χ4v) is 0.785. The second-order valence-corrected chi connectivity index (χ2v) is 2.17. The fraction of sp³-hybridized carbons (Fsp3) is 0. The highest BCUT2D eigenvalue weighted by molar-refractivity contribution is 5.58. The van der Waals surface area contributed by atoms with Gasteiger partial charge in [-0.2, -0.15) is 5.26 Å². The fourth-order valence-electron chi connectivity index (χ4n) is 0.785. The number of phenolic OH excluding ortho intramolecular Hbond substituents is 1. The molecule has 0 saturated carbocycles. The third-order valence-electron chi connectivity index (χ3n) is 1.33. The van der Waals surface area contributed by atoms with Crippen molar-refractivity contribution < 1.29 is 9.50 Å². The van der Waals surface area contributed by atoms with Crippen molar-refractivity contribution in [3.8, 4) is 11.8 Å². The lowest BCUT2D eigenvalue weighted by molar-refractivity contribution is 0.468. The van der Waals surface area contributed by atoms with E-state index < -0.39 is 5.82 Å². The zero-order valence-electron chi connectivity index (χ0n) is 6.16. The molecule has 1 N–H and O–H groups in total. The van der Waals surface area contributed by atoms with Gasteiger partial charge in [0.25, 0.3) is 0 Å². The van der Waals surface area contributed by atoms with E-state index in [9.17, 15) is 4.39 Å². The number of nitrogens with zero attached hydrogens (tertiary/aromatic N) is 1. The lowest BCUT2D eigenvalue weighted by Gasteiger charge is -1.96. The summed E-state index contributed by atoms with van der Waals surface area (Å²) in [5.74, 6) is -0.664. The van der Waals surface area contributed by atoms with Crippen molar-refractivity contribution in [2.45, 2.75) is 0 Å². The average molecular weight is 163 g/mol. The molecule has 0 unspecified atom stereocenters. The minimum atomic E-state index is -0.499. The molecule has 0 spiro atoms. The van der Waals surface area contributed by atoms with Gasteiger partial charge in [0.2, 0.25) is 0 Å². The normalized spacial score (nSPS) is 10.0. The molecule has 1 aromatic rings. The van der Waals surface area contributed by atoms with Gasteiger partial charge in [-0.3, -0.25) is 0 Å². The topological polar surface area (TPSA) is 44.0 Å². The molecule has 60 valence electrons. The van der Waals surface area contributed by atoms with Gasteiger partial charge in [0.1, 0.15) is 11.6 Å². The van der Waals surface area contributed by atoms with Crippen molar-refractivity contribution in [2.24, 2.45) is 0 Å². The summed E-state index contributed by atoms with van der Waals surface area (Å²) in [7, 11) is 0. The number of nitriles is 1. The zero-order chi connectivity index (χ0) is 8.97. The minimum absolute atomic E-state index is 0.165. The first kappa shape index (κ1) is 8.28. The van der Waals surface area contributed by atoms with Crippen molar-refractivity contribution in [2.75, 3.05) is 0 Å². The van der Waals surface area contributed by atoms with Crippen LogP contribution in [0.15, 0.2) is 24.3 Å². The van der Waals surface area contributed by atoms with Crippen molar-refractivity contribution in [3.05, 3.63) is 35.7 Å². The Morgan fingerprint density at radius 1 is 1.50 bits per heavy atom. The van der Waals surface area contributed by atoms with E-state index in [1.165, 1.54) is 24.3 Å². The lowest BCUT2D eigenvalue weighted by Crippen LogP contribution is -1.77. The number of rotatable bonds is 1. The van der Waals surface area contributed by atoms with Crippen molar-refractivity contribution in [1.29, 1.82) is 5.26 Å². The van der Waals surface area contributed by atoms with Crippen LogP contribution in [-0.2, 0) is 0 Å². The molecule has 3 heteroatoms. The van der Waals surface area contributed by atoms with E-state index in [1.54, 1.807) is 6.07 Å². The summed E-state index contributed by atoms with van der Waals surface area (Å²) >= 11 is 0. The molecule has 0 aromatic heterocycles. The molecule has 0 saturated heterocycles. The van der Waals surface area contributed by atoms with Gasteiger partial charge in [-0.15, -0.1) is 0 Å². The first-order valence-electron chi connectivity index (χ1n) is 3.28. The van der Waals surface area contributed by atoms with Gasteiger partial charge in [0.15, 0.2) is 0 Å². The Balaban J connectivity index is 3.03. The number of hydrogen-bond donors (Lipinski definition) is 1. The molecular weight excluding hydrogens is 157 g/mol. The summed E-state index contributed by atoms with van der Waals surface area (Å²) in [5, 5.41) is 17.3. The van der Waals surface area contributed by atoms with Crippen molar-refractivity contribution in [1.82, 2.24) is 0 Å². The molecule has 12 heavy (non-hydrogen) atoms. The molecule has 0 aliphatic carbocycles. The number of benzene rings is 1. The van der Waals surface area contributed by atoms with E-state index in [2.05, 4.69) is 0 Å². The number of phenols is 1. The van der Waals surface area contributed by atoms with Gasteiger partial charge < -0.3 is 5.11 Å². The Labute approximate surface area is 69.2 Å². The second-order valence-electron chi connectivity index (χ2n) is 2.17. The molecule has 0 fully saturated rings. The van der Waals surface area contributed by atoms with Gasteiger partial charge in [0, 0.05) is 17.7 Å². The quantitative estimate of drug-likeness (QED) is 0.644. The van der Waals surface area contributed by atoms with E-state index in [0.29, 0.717) is 5.56 Å². The van der Waals surface area contributed by atoms with Crippen LogP contribution in [0, 0.1) is 17.1 Å². The van der Waals surface area contributed by atoms with Gasteiger partial charge in [-0.05, 0) is 18.2 Å². The average Bonchev–Trinajstić information content (AvgIpc) is 2.03. The Morgan fingerprint density at radius 3 is 2.83 bits per heavy atom. The SMILES string of the molecule is N#CC=Cc1ccc(F)cc1O. The van der Waals surface area contributed by atoms with Crippen LogP contribution >= 0.6 is 0 Å². The molecule has 0 bridgehead atoms. The van der Waals surface area contributed by atoms with E-state index in [-0.39, 0.29) is 5.75 Å². The van der Waals surface area contributed by atoms with Crippen LogP contribution in [0.1, 0.15) is 5.56 Å².